The highest BCUT2D eigenvalue weighted by molar-refractivity contribution is 6.08. The van der Waals surface area contributed by atoms with E-state index in [4.69, 9.17) is 0 Å². The molecule has 2 aromatic rings. The average molecular weight is 277 g/mol. The van der Waals surface area contributed by atoms with Crippen molar-refractivity contribution in [3.63, 3.8) is 0 Å². The second-order valence-electron chi connectivity index (χ2n) is 5.69. The molecule has 1 aliphatic carbocycles. The van der Waals surface area contributed by atoms with Gasteiger partial charge in [0.15, 0.2) is 0 Å². The van der Waals surface area contributed by atoms with Gasteiger partial charge in [-0.3, -0.25) is 9.59 Å². The molecule has 2 aromatic carbocycles. The van der Waals surface area contributed by atoms with E-state index in [1.165, 1.54) is 22.3 Å². The molecular formula is C18H15NO2. The topological polar surface area (TPSA) is 37.4 Å². The number of benzene rings is 2. The van der Waals surface area contributed by atoms with Gasteiger partial charge in [0.05, 0.1) is 6.42 Å². The molecule has 1 saturated heterocycles. The first-order valence-corrected chi connectivity index (χ1v) is 7.25. The molecule has 0 atom stereocenters. The summed E-state index contributed by atoms with van der Waals surface area (Å²) in [4.78, 5) is 25.1. The zero-order valence-corrected chi connectivity index (χ0v) is 11.6. The predicted molar refractivity (Wildman–Crippen MR) is 81.3 cm³/mol. The monoisotopic (exact) mass is 277 g/mol. The number of ketones is 1. The fourth-order valence-corrected chi connectivity index (χ4v) is 3.29. The number of hydrogen-bond donors (Lipinski definition) is 0. The van der Waals surface area contributed by atoms with Crippen molar-refractivity contribution >= 4 is 17.4 Å². The first kappa shape index (κ1) is 12.3. The van der Waals surface area contributed by atoms with Crippen LogP contribution in [0.1, 0.15) is 24.0 Å². The van der Waals surface area contributed by atoms with Gasteiger partial charge in [0.1, 0.15) is 5.78 Å². The summed E-state index contributed by atoms with van der Waals surface area (Å²) in [5, 5.41) is 0. The maximum absolute atomic E-state index is 12.0. The van der Waals surface area contributed by atoms with Crippen molar-refractivity contribution in [2.75, 3.05) is 11.4 Å². The van der Waals surface area contributed by atoms with E-state index in [-0.39, 0.29) is 18.1 Å². The maximum atomic E-state index is 12.0. The zero-order chi connectivity index (χ0) is 14.4. The lowest BCUT2D eigenvalue weighted by Gasteiger charge is -2.26. The van der Waals surface area contributed by atoms with Crippen LogP contribution < -0.4 is 4.90 Å². The average Bonchev–Trinajstić information content (AvgIpc) is 2.84. The number of Topliss-reactive ketones (excluding diaryl/α,β-unsaturated/α-hetero) is 1. The Morgan fingerprint density at radius 1 is 0.857 bits per heavy atom. The highest BCUT2D eigenvalue weighted by Crippen LogP contribution is 2.38. The van der Waals surface area contributed by atoms with E-state index >= 15 is 0 Å². The van der Waals surface area contributed by atoms with Crippen LogP contribution in [0.2, 0.25) is 0 Å². The lowest BCUT2D eigenvalue weighted by atomic mass is 10.0. The molecule has 3 heteroatoms. The third kappa shape index (κ3) is 1.97. The molecule has 1 heterocycles. The number of carbonyl (C=O) groups is 2. The standard InChI is InChI=1S/C18H15NO2/c20-15-7-8-19(18(21)11-15)14-5-6-17-13(10-14)9-12-3-1-2-4-16(12)17/h1-6,10H,7-9,11H2. The minimum atomic E-state index is -0.0817. The molecule has 0 bridgehead atoms. The quantitative estimate of drug-likeness (QED) is 0.641. The summed E-state index contributed by atoms with van der Waals surface area (Å²) in [5.41, 5.74) is 6.07. The van der Waals surface area contributed by atoms with E-state index in [1.807, 2.05) is 6.07 Å². The summed E-state index contributed by atoms with van der Waals surface area (Å²) < 4.78 is 0. The molecule has 0 saturated carbocycles. The van der Waals surface area contributed by atoms with Gasteiger partial charge in [-0.15, -0.1) is 0 Å². The van der Waals surface area contributed by atoms with Crippen LogP contribution in [-0.2, 0) is 16.0 Å². The molecule has 0 aromatic heterocycles. The van der Waals surface area contributed by atoms with Crippen LogP contribution in [0.15, 0.2) is 42.5 Å². The molecule has 0 N–H and O–H groups in total. The van der Waals surface area contributed by atoms with E-state index in [0.29, 0.717) is 13.0 Å². The molecule has 1 aliphatic heterocycles. The Hall–Kier alpha value is -2.42. The second-order valence-corrected chi connectivity index (χ2v) is 5.69. The summed E-state index contributed by atoms with van der Waals surface area (Å²) in [7, 11) is 0. The van der Waals surface area contributed by atoms with E-state index < -0.39 is 0 Å². The van der Waals surface area contributed by atoms with Crippen LogP contribution in [-0.4, -0.2) is 18.2 Å². The Morgan fingerprint density at radius 2 is 1.67 bits per heavy atom. The summed E-state index contributed by atoms with van der Waals surface area (Å²) in [5.74, 6) is -0.0356. The third-order valence-corrected chi connectivity index (χ3v) is 4.35. The van der Waals surface area contributed by atoms with Crippen molar-refractivity contribution in [1.82, 2.24) is 0 Å². The molecule has 0 spiro atoms. The third-order valence-electron chi connectivity index (χ3n) is 4.35. The Labute approximate surface area is 123 Å². The summed E-state index contributed by atoms with van der Waals surface area (Å²) in [6.07, 6.45) is 1.42. The number of nitrogens with zero attached hydrogens (tertiary/aromatic N) is 1. The van der Waals surface area contributed by atoms with Crippen LogP contribution in [0.4, 0.5) is 5.69 Å². The normalized spacial score (nSPS) is 16.9. The van der Waals surface area contributed by atoms with Crippen molar-refractivity contribution in [1.29, 1.82) is 0 Å². The second kappa shape index (κ2) is 4.55. The van der Waals surface area contributed by atoms with Crippen molar-refractivity contribution in [3.05, 3.63) is 53.6 Å². The van der Waals surface area contributed by atoms with E-state index in [1.54, 1.807) is 4.90 Å². The number of amides is 1. The molecule has 2 aliphatic rings. The first-order valence-electron chi connectivity index (χ1n) is 7.25. The van der Waals surface area contributed by atoms with E-state index in [9.17, 15) is 9.59 Å². The summed E-state index contributed by atoms with van der Waals surface area (Å²) in [6.45, 7) is 0.503. The van der Waals surface area contributed by atoms with E-state index in [2.05, 4.69) is 36.4 Å². The summed E-state index contributed by atoms with van der Waals surface area (Å²) in [6, 6.07) is 14.6. The number of fused-ring (bicyclic) bond motifs is 3. The molecule has 104 valence electrons. The van der Waals surface area contributed by atoms with Gasteiger partial charge < -0.3 is 4.90 Å². The molecule has 1 amide bonds. The van der Waals surface area contributed by atoms with Crippen LogP contribution >= 0.6 is 0 Å². The van der Waals surface area contributed by atoms with Crippen LogP contribution in [0, 0.1) is 0 Å². The van der Waals surface area contributed by atoms with Gasteiger partial charge >= 0.3 is 0 Å². The van der Waals surface area contributed by atoms with Gasteiger partial charge in [-0.25, -0.2) is 0 Å². The Balaban J connectivity index is 1.70. The number of anilines is 1. The van der Waals surface area contributed by atoms with Crippen LogP contribution in [0.5, 0.6) is 0 Å². The smallest absolute Gasteiger partial charge is 0.234 e. The molecule has 4 rings (SSSR count). The molecule has 21 heavy (non-hydrogen) atoms. The number of carbonyl (C=O) groups excluding carboxylic acids is 2. The lowest BCUT2D eigenvalue weighted by Crippen LogP contribution is -2.39. The number of hydrogen-bond acceptors (Lipinski definition) is 2. The van der Waals surface area contributed by atoms with Gasteiger partial charge in [0.2, 0.25) is 5.91 Å². The maximum Gasteiger partial charge on any atom is 0.234 e. The highest BCUT2D eigenvalue weighted by atomic mass is 16.2. The lowest BCUT2D eigenvalue weighted by molar-refractivity contribution is -0.128. The largest absolute Gasteiger partial charge is 0.312 e. The Morgan fingerprint density at radius 3 is 2.52 bits per heavy atom. The van der Waals surface area contributed by atoms with Gasteiger partial charge in [-0.1, -0.05) is 30.3 Å². The van der Waals surface area contributed by atoms with Gasteiger partial charge in [0.25, 0.3) is 0 Å². The number of rotatable bonds is 1. The predicted octanol–water partition coefficient (Wildman–Crippen LogP) is 2.95. The SMILES string of the molecule is O=C1CCN(c2ccc3c(c2)Cc2ccccc2-3)C(=O)C1. The molecular weight excluding hydrogens is 262 g/mol. The Kier molecular flexibility index (Phi) is 2.67. The summed E-state index contributed by atoms with van der Waals surface area (Å²) >= 11 is 0. The molecule has 3 nitrogen and oxygen atoms in total. The first-order chi connectivity index (χ1) is 10.2. The van der Waals surface area contributed by atoms with Crippen molar-refractivity contribution in [3.8, 4) is 11.1 Å². The van der Waals surface area contributed by atoms with Crippen molar-refractivity contribution in [2.45, 2.75) is 19.3 Å². The van der Waals surface area contributed by atoms with Crippen molar-refractivity contribution < 1.29 is 9.59 Å². The van der Waals surface area contributed by atoms with E-state index in [0.717, 1.165) is 12.1 Å². The fraction of sp³-hybridized carbons (Fsp3) is 0.222. The number of piperidine rings is 1. The zero-order valence-electron chi connectivity index (χ0n) is 11.6. The minimum absolute atomic E-state index is 0.0390. The van der Waals surface area contributed by atoms with Crippen molar-refractivity contribution in [2.24, 2.45) is 0 Å². The van der Waals surface area contributed by atoms with Gasteiger partial charge in [-0.2, -0.15) is 0 Å². The Bertz CT molecular complexity index is 764. The van der Waals surface area contributed by atoms with Crippen LogP contribution in [0.25, 0.3) is 11.1 Å². The molecule has 0 radical (unpaired) electrons. The van der Waals surface area contributed by atoms with Gasteiger partial charge in [0, 0.05) is 18.7 Å². The molecule has 0 unspecified atom stereocenters. The van der Waals surface area contributed by atoms with Gasteiger partial charge in [-0.05, 0) is 40.8 Å². The minimum Gasteiger partial charge on any atom is -0.312 e. The van der Waals surface area contributed by atoms with Crippen LogP contribution in [0.3, 0.4) is 0 Å². The fourth-order valence-electron chi connectivity index (χ4n) is 3.29. The highest BCUT2D eigenvalue weighted by Gasteiger charge is 2.26. The molecule has 1 fully saturated rings.